The molecule has 0 saturated carbocycles. The van der Waals surface area contributed by atoms with Gasteiger partial charge in [-0.3, -0.25) is 14.5 Å². The SMILES string of the molecule is CCN(CC)[C@@H](CNC(=O)C1=NN(C)C(=O)CC1)c1ccsc1. The first kappa shape index (κ1) is 17.6. The van der Waals surface area contributed by atoms with Crippen LogP contribution in [-0.4, -0.2) is 54.1 Å². The van der Waals surface area contributed by atoms with Gasteiger partial charge in [-0.1, -0.05) is 13.8 Å². The zero-order valence-electron chi connectivity index (χ0n) is 13.9. The highest BCUT2D eigenvalue weighted by molar-refractivity contribution is 7.07. The second kappa shape index (κ2) is 8.21. The van der Waals surface area contributed by atoms with Crippen molar-refractivity contribution in [3.8, 4) is 0 Å². The van der Waals surface area contributed by atoms with Crippen LogP contribution in [0.15, 0.2) is 21.9 Å². The largest absolute Gasteiger partial charge is 0.349 e. The monoisotopic (exact) mass is 336 g/mol. The molecule has 7 heteroatoms. The van der Waals surface area contributed by atoms with E-state index in [1.54, 1.807) is 18.4 Å². The van der Waals surface area contributed by atoms with Crippen molar-refractivity contribution in [2.75, 3.05) is 26.7 Å². The molecule has 0 unspecified atom stereocenters. The second-order valence-corrected chi connectivity index (χ2v) is 6.25. The van der Waals surface area contributed by atoms with Crippen LogP contribution in [0.1, 0.15) is 38.3 Å². The number of carbonyl (C=O) groups excluding carboxylic acids is 2. The lowest BCUT2D eigenvalue weighted by Crippen LogP contribution is -2.42. The van der Waals surface area contributed by atoms with Crippen molar-refractivity contribution in [3.63, 3.8) is 0 Å². The number of amides is 2. The number of rotatable bonds is 7. The Labute approximate surface area is 141 Å². The highest BCUT2D eigenvalue weighted by Crippen LogP contribution is 2.22. The van der Waals surface area contributed by atoms with Crippen molar-refractivity contribution in [2.45, 2.75) is 32.7 Å². The Kier molecular flexibility index (Phi) is 6.29. The Morgan fingerprint density at radius 2 is 2.17 bits per heavy atom. The van der Waals surface area contributed by atoms with Gasteiger partial charge in [-0.15, -0.1) is 0 Å². The molecule has 6 nitrogen and oxygen atoms in total. The molecule has 0 aromatic carbocycles. The Morgan fingerprint density at radius 1 is 1.43 bits per heavy atom. The van der Waals surface area contributed by atoms with Crippen molar-refractivity contribution < 1.29 is 9.59 Å². The summed E-state index contributed by atoms with van der Waals surface area (Å²) in [5, 5.41) is 12.5. The number of carbonyl (C=O) groups is 2. The molecule has 1 aliphatic heterocycles. The van der Waals surface area contributed by atoms with Gasteiger partial charge in [0.25, 0.3) is 5.91 Å². The number of hydrazone groups is 1. The molecule has 0 fully saturated rings. The molecular weight excluding hydrogens is 312 g/mol. The zero-order chi connectivity index (χ0) is 16.8. The van der Waals surface area contributed by atoms with E-state index in [1.807, 2.05) is 0 Å². The average molecular weight is 336 g/mol. The fourth-order valence-electron chi connectivity index (χ4n) is 2.71. The third kappa shape index (κ3) is 4.39. The predicted octanol–water partition coefficient (Wildman–Crippen LogP) is 1.86. The molecule has 23 heavy (non-hydrogen) atoms. The Balaban J connectivity index is 2.02. The van der Waals surface area contributed by atoms with Gasteiger partial charge in [-0.05, 0) is 35.5 Å². The van der Waals surface area contributed by atoms with Gasteiger partial charge in [0.15, 0.2) is 0 Å². The molecule has 2 amide bonds. The molecule has 0 spiro atoms. The molecule has 1 atom stereocenters. The number of nitrogens with zero attached hydrogens (tertiary/aromatic N) is 3. The first-order valence-electron chi connectivity index (χ1n) is 7.95. The Bertz CT molecular complexity index is 567. The summed E-state index contributed by atoms with van der Waals surface area (Å²) in [5.74, 6) is -0.238. The summed E-state index contributed by atoms with van der Waals surface area (Å²) in [4.78, 5) is 26.1. The summed E-state index contributed by atoms with van der Waals surface area (Å²) < 4.78 is 0. The lowest BCUT2D eigenvalue weighted by atomic mass is 10.1. The van der Waals surface area contributed by atoms with E-state index in [2.05, 4.69) is 46.0 Å². The topological polar surface area (TPSA) is 65.0 Å². The summed E-state index contributed by atoms with van der Waals surface area (Å²) in [7, 11) is 1.58. The van der Waals surface area contributed by atoms with E-state index in [-0.39, 0.29) is 17.9 Å². The molecule has 1 aromatic heterocycles. The molecule has 2 heterocycles. The van der Waals surface area contributed by atoms with Crippen LogP contribution >= 0.6 is 11.3 Å². The minimum absolute atomic E-state index is 0.0548. The minimum Gasteiger partial charge on any atom is -0.349 e. The first-order chi connectivity index (χ1) is 11.1. The van der Waals surface area contributed by atoms with Crippen LogP contribution < -0.4 is 5.32 Å². The van der Waals surface area contributed by atoms with Crippen molar-refractivity contribution in [2.24, 2.45) is 5.10 Å². The van der Waals surface area contributed by atoms with Crippen LogP contribution in [0.4, 0.5) is 0 Å². The lowest BCUT2D eigenvalue weighted by molar-refractivity contribution is -0.130. The van der Waals surface area contributed by atoms with Gasteiger partial charge in [-0.2, -0.15) is 16.4 Å². The van der Waals surface area contributed by atoms with Crippen molar-refractivity contribution in [3.05, 3.63) is 22.4 Å². The number of thiophene rings is 1. The number of likely N-dealkylation sites (N-methyl/N-ethyl adjacent to an activating group) is 1. The fraction of sp³-hybridized carbons (Fsp3) is 0.562. The van der Waals surface area contributed by atoms with Crippen molar-refractivity contribution >= 4 is 28.9 Å². The summed E-state index contributed by atoms with van der Waals surface area (Å²) in [6.45, 7) is 6.62. The summed E-state index contributed by atoms with van der Waals surface area (Å²) in [6, 6.07) is 2.26. The van der Waals surface area contributed by atoms with Gasteiger partial charge in [-0.25, -0.2) is 5.01 Å². The van der Waals surface area contributed by atoms with Crippen LogP contribution in [0.25, 0.3) is 0 Å². The fourth-order valence-corrected chi connectivity index (χ4v) is 3.42. The maximum absolute atomic E-state index is 12.3. The lowest BCUT2D eigenvalue weighted by Gasteiger charge is -2.29. The molecule has 1 aromatic rings. The van der Waals surface area contributed by atoms with Crippen molar-refractivity contribution in [1.82, 2.24) is 15.2 Å². The summed E-state index contributed by atoms with van der Waals surface area (Å²) in [6.07, 6.45) is 0.746. The average Bonchev–Trinajstić information content (AvgIpc) is 3.07. The van der Waals surface area contributed by atoms with Crippen LogP contribution in [0.5, 0.6) is 0 Å². The molecule has 1 aliphatic rings. The third-order valence-electron chi connectivity index (χ3n) is 4.11. The number of hydrogen-bond acceptors (Lipinski definition) is 5. The molecule has 1 N–H and O–H groups in total. The van der Waals surface area contributed by atoms with Crippen LogP contribution in [0, 0.1) is 0 Å². The minimum atomic E-state index is -0.184. The first-order valence-corrected chi connectivity index (χ1v) is 8.89. The normalized spacial score (nSPS) is 16.4. The second-order valence-electron chi connectivity index (χ2n) is 5.47. The van der Waals surface area contributed by atoms with Gasteiger partial charge in [0.2, 0.25) is 5.91 Å². The molecule has 0 aliphatic carbocycles. The predicted molar refractivity (Wildman–Crippen MR) is 92.4 cm³/mol. The molecule has 0 bridgehead atoms. The van der Waals surface area contributed by atoms with Gasteiger partial charge in [0.1, 0.15) is 5.71 Å². The molecule has 0 radical (unpaired) electrons. The maximum atomic E-state index is 12.3. The molecular formula is C16H24N4O2S. The van der Waals surface area contributed by atoms with E-state index in [0.717, 1.165) is 13.1 Å². The van der Waals surface area contributed by atoms with Crippen LogP contribution in [-0.2, 0) is 9.59 Å². The van der Waals surface area contributed by atoms with E-state index < -0.39 is 0 Å². The molecule has 0 saturated heterocycles. The van der Waals surface area contributed by atoms with Crippen LogP contribution in [0.3, 0.4) is 0 Å². The number of nitrogens with one attached hydrogen (secondary N) is 1. The van der Waals surface area contributed by atoms with E-state index in [4.69, 9.17) is 0 Å². The van der Waals surface area contributed by atoms with Gasteiger partial charge in [0.05, 0.1) is 6.04 Å². The summed E-state index contributed by atoms with van der Waals surface area (Å²) >= 11 is 1.66. The Morgan fingerprint density at radius 3 is 2.74 bits per heavy atom. The maximum Gasteiger partial charge on any atom is 0.267 e. The van der Waals surface area contributed by atoms with Gasteiger partial charge in [0, 0.05) is 26.4 Å². The quantitative estimate of drug-likeness (QED) is 0.826. The summed E-state index contributed by atoms with van der Waals surface area (Å²) in [5.41, 5.74) is 1.65. The van der Waals surface area contributed by atoms with E-state index in [9.17, 15) is 9.59 Å². The number of hydrogen-bond donors (Lipinski definition) is 1. The van der Waals surface area contributed by atoms with E-state index >= 15 is 0 Å². The highest BCUT2D eigenvalue weighted by Gasteiger charge is 2.24. The van der Waals surface area contributed by atoms with E-state index in [1.165, 1.54) is 10.6 Å². The standard InChI is InChI=1S/C16H24N4O2S/c1-4-20(5-2)14(12-8-9-23-11-12)10-17-16(22)13-6-7-15(21)19(3)18-13/h8-9,11,14H,4-7,10H2,1-3H3,(H,17,22)/t14-/m0/s1. The highest BCUT2D eigenvalue weighted by atomic mass is 32.1. The van der Waals surface area contributed by atoms with Crippen LogP contribution in [0.2, 0.25) is 0 Å². The third-order valence-corrected chi connectivity index (χ3v) is 4.81. The smallest absolute Gasteiger partial charge is 0.267 e. The van der Waals surface area contributed by atoms with Gasteiger partial charge < -0.3 is 5.32 Å². The van der Waals surface area contributed by atoms with Gasteiger partial charge >= 0.3 is 0 Å². The Hall–Kier alpha value is -1.73. The zero-order valence-corrected chi connectivity index (χ0v) is 14.7. The molecule has 126 valence electrons. The van der Waals surface area contributed by atoms with Crippen molar-refractivity contribution in [1.29, 1.82) is 0 Å². The van der Waals surface area contributed by atoms with E-state index in [0.29, 0.717) is 25.1 Å². The molecule has 2 rings (SSSR count).